The summed E-state index contributed by atoms with van der Waals surface area (Å²) in [5, 5.41) is 11.3. The van der Waals surface area contributed by atoms with Crippen LogP contribution in [0.15, 0.2) is 30.3 Å². The highest BCUT2D eigenvalue weighted by atomic mass is 16.5. The first-order valence-electron chi connectivity index (χ1n) is 6.04. The first-order chi connectivity index (χ1) is 9.99. The molecule has 0 aliphatic rings. The summed E-state index contributed by atoms with van der Waals surface area (Å²) in [6, 6.07) is 7.19. The van der Waals surface area contributed by atoms with Crippen LogP contribution in [0.1, 0.15) is 26.4 Å². The molecule has 0 spiro atoms. The number of nitrogens with one attached hydrogen (secondary N) is 1. The summed E-state index contributed by atoms with van der Waals surface area (Å²) < 4.78 is 5.00. The molecule has 7 heteroatoms. The fraction of sp³-hybridized carbons (Fsp3) is 0.143. The number of methoxy groups -OCH3 is 1. The van der Waals surface area contributed by atoms with Crippen molar-refractivity contribution < 1.29 is 19.4 Å². The van der Waals surface area contributed by atoms with Crippen LogP contribution in [0.25, 0.3) is 0 Å². The molecule has 0 saturated carbocycles. The summed E-state index contributed by atoms with van der Waals surface area (Å²) in [6.07, 6.45) is 0. The second-order valence-corrected chi connectivity index (χ2v) is 4.21. The number of aromatic nitrogens is 2. The number of carbonyl (C=O) groups is 2. The van der Waals surface area contributed by atoms with Crippen LogP contribution in [0.3, 0.4) is 0 Å². The van der Waals surface area contributed by atoms with Crippen molar-refractivity contribution in [3.05, 3.63) is 47.2 Å². The average Bonchev–Trinajstić information content (AvgIpc) is 2.46. The Kier molecular flexibility index (Phi) is 4.13. The molecule has 1 aromatic heterocycles. The Morgan fingerprint density at radius 3 is 2.33 bits per heavy atom. The van der Waals surface area contributed by atoms with Crippen LogP contribution in [0, 0.1) is 6.92 Å². The largest absolute Gasteiger partial charge is 0.481 e. The number of hydrogen-bond donors (Lipinski definition) is 2. The third-order valence-corrected chi connectivity index (χ3v) is 2.66. The van der Waals surface area contributed by atoms with E-state index in [1.807, 2.05) is 0 Å². The van der Waals surface area contributed by atoms with Crippen LogP contribution in [0.4, 0.5) is 5.95 Å². The molecule has 0 saturated heterocycles. The van der Waals surface area contributed by atoms with E-state index >= 15 is 0 Å². The summed E-state index contributed by atoms with van der Waals surface area (Å²) in [6.45, 7) is 1.75. The van der Waals surface area contributed by atoms with Crippen molar-refractivity contribution in [1.82, 2.24) is 9.97 Å². The van der Waals surface area contributed by atoms with Gasteiger partial charge in [-0.05, 0) is 31.2 Å². The molecule has 1 amide bonds. The normalized spacial score (nSPS) is 10.0. The number of anilines is 1. The summed E-state index contributed by atoms with van der Waals surface area (Å²) in [5.41, 5.74) is 1.07. The topological polar surface area (TPSA) is 101 Å². The summed E-state index contributed by atoms with van der Waals surface area (Å²) >= 11 is 0. The van der Waals surface area contributed by atoms with E-state index in [1.54, 1.807) is 13.0 Å². The maximum atomic E-state index is 12.0. The molecule has 0 aliphatic heterocycles. The number of aryl methyl sites for hydroxylation is 1. The van der Waals surface area contributed by atoms with Gasteiger partial charge in [0.05, 0.1) is 12.7 Å². The number of carboxylic acids is 1. The van der Waals surface area contributed by atoms with Gasteiger partial charge in [0.15, 0.2) is 0 Å². The number of aromatic carboxylic acids is 1. The fourth-order valence-electron chi connectivity index (χ4n) is 1.64. The summed E-state index contributed by atoms with van der Waals surface area (Å²) in [7, 11) is 1.47. The van der Waals surface area contributed by atoms with Gasteiger partial charge in [-0.2, -0.15) is 4.98 Å². The van der Waals surface area contributed by atoms with Crippen molar-refractivity contribution in [3.63, 3.8) is 0 Å². The lowest BCUT2D eigenvalue weighted by Crippen LogP contribution is -2.15. The second kappa shape index (κ2) is 6.00. The van der Waals surface area contributed by atoms with E-state index in [1.165, 1.54) is 31.4 Å². The molecule has 0 radical (unpaired) electrons. The molecule has 108 valence electrons. The van der Waals surface area contributed by atoms with Gasteiger partial charge in [-0.3, -0.25) is 10.1 Å². The molecular formula is C14H13N3O4. The van der Waals surface area contributed by atoms with Crippen LogP contribution < -0.4 is 10.1 Å². The van der Waals surface area contributed by atoms with Crippen LogP contribution in [-0.2, 0) is 0 Å². The Hall–Kier alpha value is -2.96. The summed E-state index contributed by atoms with van der Waals surface area (Å²) in [5.74, 6) is -1.01. The van der Waals surface area contributed by atoms with E-state index < -0.39 is 11.9 Å². The van der Waals surface area contributed by atoms with Crippen molar-refractivity contribution in [3.8, 4) is 5.88 Å². The van der Waals surface area contributed by atoms with Gasteiger partial charge in [-0.1, -0.05) is 0 Å². The van der Waals surface area contributed by atoms with E-state index in [0.717, 1.165) is 0 Å². The van der Waals surface area contributed by atoms with Crippen LogP contribution in [-0.4, -0.2) is 34.1 Å². The third kappa shape index (κ3) is 3.53. The van der Waals surface area contributed by atoms with Crippen molar-refractivity contribution in [1.29, 1.82) is 0 Å². The number of amides is 1. The zero-order chi connectivity index (χ0) is 15.4. The predicted molar refractivity (Wildman–Crippen MR) is 74.7 cm³/mol. The van der Waals surface area contributed by atoms with E-state index in [0.29, 0.717) is 17.1 Å². The van der Waals surface area contributed by atoms with E-state index in [4.69, 9.17) is 9.84 Å². The fourth-order valence-corrected chi connectivity index (χ4v) is 1.64. The molecule has 21 heavy (non-hydrogen) atoms. The molecule has 7 nitrogen and oxygen atoms in total. The first kappa shape index (κ1) is 14.4. The molecule has 0 atom stereocenters. The van der Waals surface area contributed by atoms with Crippen molar-refractivity contribution in [2.75, 3.05) is 12.4 Å². The van der Waals surface area contributed by atoms with Crippen molar-refractivity contribution in [2.45, 2.75) is 6.92 Å². The van der Waals surface area contributed by atoms with Crippen molar-refractivity contribution in [2.24, 2.45) is 0 Å². The maximum absolute atomic E-state index is 12.0. The lowest BCUT2D eigenvalue weighted by atomic mass is 10.1. The molecule has 0 unspecified atom stereocenters. The number of ether oxygens (including phenoxy) is 1. The first-order valence-corrected chi connectivity index (χ1v) is 6.04. The molecule has 0 bridgehead atoms. The number of benzene rings is 1. The van der Waals surface area contributed by atoms with Gasteiger partial charge < -0.3 is 9.84 Å². The summed E-state index contributed by atoms with van der Waals surface area (Å²) in [4.78, 5) is 30.9. The zero-order valence-electron chi connectivity index (χ0n) is 11.5. The van der Waals surface area contributed by atoms with Gasteiger partial charge >= 0.3 is 5.97 Å². The van der Waals surface area contributed by atoms with E-state index in [-0.39, 0.29) is 11.5 Å². The Bertz CT molecular complexity index is 683. The molecular weight excluding hydrogens is 274 g/mol. The van der Waals surface area contributed by atoms with Gasteiger partial charge in [0.2, 0.25) is 11.8 Å². The zero-order valence-corrected chi connectivity index (χ0v) is 11.5. The smallest absolute Gasteiger partial charge is 0.335 e. The number of nitrogens with zero attached hydrogens (tertiary/aromatic N) is 2. The minimum atomic E-state index is -1.05. The molecule has 0 aliphatic carbocycles. The van der Waals surface area contributed by atoms with Gasteiger partial charge in [-0.15, -0.1) is 0 Å². The number of rotatable bonds is 4. The Morgan fingerprint density at radius 1 is 1.14 bits per heavy atom. The van der Waals surface area contributed by atoms with Gasteiger partial charge in [0.25, 0.3) is 5.91 Å². The lowest BCUT2D eigenvalue weighted by molar-refractivity contribution is 0.0696. The molecule has 1 aromatic carbocycles. The Morgan fingerprint density at radius 2 is 1.76 bits per heavy atom. The predicted octanol–water partition coefficient (Wildman–Crippen LogP) is 1.74. The van der Waals surface area contributed by atoms with Crippen LogP contribution >= 0.6 is 0 Å². The van der Waals surface area contributed by atoms with E-state index in [2.05, 4.69) is 15.3 Å². The van der Waals surface area contributed by atoms with Gasteiger partial charge in [0, 0.05) is 17.3 Å². The average molecular weight is 287 g/mol. The van der Waals surface area contributed by atoms with Crippen LogP contribution in [0.5, 0.6) is 5.88 Å². The highest BCUT2D eigenvalue weighted by Gasteiger charge is 2.10. The minimum absolute atomic E-state index is 0.111. The molecule has 2 rings (SSSR count). The SMILES string of the molecule is COc1cc(C)nc(NC(=O)c2ccc(C(=O)O)cc2)n1. The van der Waals surface area contributed by atoms with Gasteiger partial charge in [-0.25, -0.2) is 9.78 Å². The Labute approximate surface area is 120 Å². The molecule has 0 fully saturated rings. The minimum Gasteiger partial charge on any atom is -0.481 e. The number of carbonyl (C=O) groups excluding carboxylic acids is 1. The molecule has 2 aromatic rings. The lowest BCUT2D eigenvalue weighted by Gasteiger charge is -2.06. The Balaban J connectivity index is 2.17. The van der Waals surface area contributed by atoms with Gasteiger partial charge in [0.1, 0.15) is 0 Å². The van der Waals surface area contributed by atoms with Crippen molar-refractivity contribution >= 4 is 17.8 Å². The number of carboxylic acid groups (broad SMARTS) is 1. The second-order valence-electron chi connectivity index (χ2n) is 4.21. The third-order valence-electron chi connectivity index (χ3n) is 2.66. The molecule has 1 heterocycles. The number of hydrogen-bond acceptors (Lipinski definition) is 5. The quantitative estimate of drug-likeness (QED) is 0.888. The molecule has 2 N–H and O–H groups in total. The van der Waals surface area contributed by atoms with Crippen LogP contribution in [0.2, 0.25) is 0 Å². The highest BCUT2D eigenvalue weighted by molar-refractivity contribution is 6.03. The van der Waals surface area contributed by atoms with E-state index in [9.17, 15) is 9.59 Å². The maximum Gasteiger partial charge on any atom is 0.335 e. The standard InChI is InChI=1S/C14H13N3O4/c1-8-7-11(21-2)16-14(15-8)17-12(18)9-3-5-10(6-4-9)13(19)20/h3-7H,1-2H3,(H,19,20)(H,15,16,17,18). The highest BCUT2D eigenvalue weighted by Crippen LogP contribution is 2.12. The monoisotopic (exact) mass is 287 g/mol.